The minimum absolute atomic E-state index is 0.00369. The molecule has 9 nitrogen and oxygen atoms in total. The predicted octanol–water partition coefficient (Wildman–Crippen LogP) is 3.26. The summed E-state index contributed by atoms with van der Waals surface area (Å²) in [5.74, 6) is -3.44. The van der Waals surface area contributed by atoms with E-state index in [1.807, 2.05) is 48.0 Å². The molecular formula is C28H23N2O7+. The zero-order valence-corrected chi connectivity index (χ0v) is 19.9. The number of para-hydroxylation sites is 1. The second-order valence-electron chi connectivity index (χ2n) is 8.87. The number of aromatic nitrogens is 1. The largest absolute Gasteiger partial charge is 0.479 e. The van der Waals surface area contributed by atoms with E-state index in [2.05, 4.69) is 0 Å². The minimum atomic E-state index is -1.42. The summed E-state index contributed by atoms with van der Waals surface area (Å²) in [6, 6.07) is 20.0. The van der Waals surface area contributed by atoms with Gasteiger partial charge >= 0.3 is 11.9 Å². The van der Waals surface area contributed by atoms with Crippen LogP contribution in [0.4, 0.5) is 0 Å². The molecule has 1 aromatic heterocycles. The van der Waals surface area contributed by atoms with Gasteiger partial charge in [0, 0.05) is 31.4 Å². The number of carbonyl (C=O) groups excluding carboxylic acids is 2. The zero-order chi connectivity index (χ0) is 26.3. The first-order chi connectivity index (χ1) is 17.8. The number of carboxylic acids is 2. The number of hydrogen-bond donors (Lipinski definition) is 2. The molecule has 1 aliphatic rings. The summed E-state index contributed by atoms with van der Waals surface area (Å²) in [6.07, 6.45) is -1.49. The van der Waals surface area contributed by atoms with Gasteiger partial charge < -0.3 is 10.2 Å². The highest BCUT2D eigenvalue weighted by Crippen LogP contribution is 2.33. The van der Waals surface area contributed by atoms with Gasteiger partial charge in [0.2, 0.25) is 11.0 Å². The van der Waals surface area contributed by atoms with E-state index in [0.717, 1.165) is 22.2 Å². The van der Waals surface area contributed by atoms with Gasteiger partial charge in [-0.2, -0.15) is 9.63 Å². The molecule has 5 rings (SSSR count). The molecule has 1 atom stereocenters. The van der Waals surface area contributed by atoms with Gasteiger partial charge in [-0.25, -0.2) is 14.4 Å². The molecule has 4 aromatic rings. The highest BCUT2D eigenvalue weighted by molar-refractivity contribution is 6.16. The number of benzene rings is 3. The number of hydroxylamine groups is 2. The fraction of sp³-hybridized carbons (Fsp3) is 0.179. The number of imide groups is 1. The van der Waals surface area contributed by atoms with Gasteiger partial charge in [0.15, 0.2) is 6.10 Å². The van der Waals surface area contributed by atoms with Crippen molar-refractivity contribution in [3.05, 3.63) is 77.9 Å². The topological polar surface area (TPSA) is 125 Å². The summed E-state index contributed by atoms with van der Waals surface area (Å²) in [5.41, 5.74) is 3.87. The lowest BCUT2D eigenvalue weighted by atomic mass is 9.93. The lowest BCUT2D eigenvalue weighted by molar-refractivity contribution is -0.617. The average molecular weight is 499 g/mol. The van der Waals surface area contributed by atoms with Gasteiger partial charge in [-0.05, 0) is 22.8 Å². The molecule has 37 heavy (non-hydrogen) atoms. The van der Waals surface area contributed by atoms with Crippen LogP contribution in [0, 0.1) is 0 Å². The van der Waals surface area contributed by atoms with Crippen LogP contribution in [0.3, 0.4) is 0 Å². The molecule has 186 valence electrons. The highest BCUT2D eigenvalue weighted by atomic mass is 16.7. The van der Waals surface area contributed by atoms with Gasteiger partial charge in [-0.1, -0.05) is 48.5 Å². The molecule has 2 N–H and O–H groups in total. The molecule has 9 heteroatoms. The first-order valence-corrected chi connectivity index (χ1v) is 11.7. The number of carboxylic acid groups (broad SMARTS) is 2. The van der Waals surface area contributed by atoms with Gasteiger partial charge in [0.25, 0.3) is 11.8 Å². The van der Waals surface area contributed by atoms with Crippen molar-refractivity contribution in [3.8, 4) is 11.1 Å². The Kier molecular flexibility index (Phi) is 6.14. The SMILES string of the molecule is C[n+]1c2ccccc2c(C(=O)O)c2c(-c3ccc(CC(ON4C(=O)CCC4=O)C(=O)O)cc3)cccc21. The third kappa shape index (κ3) is 4.30. The smallest absolute Gasteiger partial charge is 0.337 e. The molecule has 0 radical (unpaired) electrons. The van der Waals surface area contributed by atoms with E-state index in [-0.39, 0.29) is 24.8 Å². The van der Waals surface area contributed by atoms with Crippen LogP contribution in [0.25, 0.3) is 32.9 Å². The molecule has 1 aliphatic heterocycles. The summed E-state index contributed by atoms with van der Waals surface area (Å²) >= 11 is 0. The summed E-state index contributed by atoms with van der Waals surface area (Å²) in [4.78, 5) is 53.1. The van der Waals surface area contributed by atoms with E-state index in [1.165, 1.54) is 0 Å². The van der Waals surface area contributed by atoms with Gasteiger partial charge in [-0.3, -0.25) is 9.59 Å². The van der Waals surface area contributed by atoms with E-state index in [1.54, 1.807) is 30.3 Å². The number of aryl methyl sites for hydroxylation is 1. The van der Waals surface area contributed by atoms with Crippen molar-refractivity contribution < 1.29 is 38.8 Å². The summed E-state index contributed by atoms with van der Waals surface area (Å²) in [5, 5.41) is 21.5. The fourth-order valence-corrected chi connectivity index (χ4v) is 4.79. The van der Waals surface area contributed by atoms with Crippen LogP contribution in [0.15, 0.2) is 66.7 Å². The van der Waals surface area contributed by atoms with Crippen molar-refractivity contribution in [1.82, 2.24) is 5.06 Å². The fourth-order valence-electron chi connectivity index (χ4n) is 4.79. The van der Waals surface area contributed by atoms with Crippen LogP contribution < -0.4 is 4.57 Å². The molecule has 1 unspecified atom stereocenters. The lowest BCUT2D eigenvalue weighted by Crippen LogP contribution is -2.38. The molecule has 0 bridgehead atoms. The standard InChI is InChI=1S/C28H22N2O7/c1-29-20-7-3-2-5-19(20)26(28(35)36)25-18(6-4-8-21(25)29)17-11-9-16(10-12-17)15-22(27(33)34)37-30-23(31)13-14-24(30)32/h2-12,22H,13-15H2,1H3,(H-,33,34,35,36)/p+1. The molecule has 0 aliphatic carbocycles. The first-order valence-electron chi connectivity index (χ1n) is 11.7. The number of aliphatic carboxylic acids is 1. The number of rotatable bonds is 7. The van der Waals surface area contributed by atoms with Crippen molar-refractivity contribution >= 4 is 45.6 Å². The zero-order valence-electron chi connectivity index (χ0n) is 19.9. The number of pyridine rings is 1. The number of nitrogens with zero attached hydrogens (tertiary/aromatic N) is 2. The van der Waals surface area contributed by atoms with Crippen LogP contribution in [0.1, 0.15) is 28.8 Å². The Morgan fingerprint density at radius 1 is 0.919 bits per heavy atom. The van der Waals surface area contributed by atoms with Crippen LogP contribution in [0.2, 0.25) is 0 Å². The molecule has 2 heterocycles. The van der Waals surface area contributed by atoms with Crippen LogP contribution >= 0.6 is 0 Å². The van der Waals surface area contributed by atoms with Crippen LogP contribution in [-0.4, -0.2) is 45.1 Å². The highest BCUT2D eigenvalue weighted by Gasteiger charge is 2.34. The Hall–Kier alpha value is -4.63. The number of hydrogen-bond acceptors (Lipinski definition) is 5. The van der Waals surface area contributed by atoms with Crippen LogP contribution in [-0.2, 0) is 32.7 Å². The second-order valence-corrected chi connectivity index (χ2v) is 8.87. The van der Waals surface area contributed by atoms with Gasteiger partial charge in [-0.15, -0.1) is 0 Å². The van der Waals surface area contributed by atoms with E-state index >= 15 is 0 Å². The minimum Gasteiger partial charge on any atom is -0.479 e. The van der Waals surface area contributed by atoms with Crippen molar-refractivity contribution in [2.75, 3.05) is 0 Å². The Morgan fingerprint density at radius 2 is 1.57 bits per heavy atom. The summed E-state index contributed by atoms with van der Waals surface area (Å²) in [6.45, 7) is 0. The summed E-state index contributed by atoms with van der Waals surface area (Å²) < 4.78 is 1.96. The van der Waals surface area contributed by atoms with Crippen molar-refractivity contribution in [1.29, 1.82) is 0 Å². The third-order valence-corrected chi connectivity index (χ3v) is 6.60. The van der Waals surface area contributed by atoms with E-state index < -0.39 is 29.9 Å². The molecule has 0 saturated carbocycles. The molecule has 3 aromatic carbocycles. The normalized spacial score (nSPS) is 14.5. The Balaban J connectivity index is 1.53. The van der Waals surface area contributed by atoms with Crippen molar-refractivity contribution in [2.45, 2.75) is 25.4 Å². The Morgan fingerprint density at radius 3 is 2.22 bits per heavy atom. The summed E-state index contributed by atoms with van der Waals surface area (Å²) in [7, 11) is 1.89. The monoisotopic (exact) mass is 499 g/mol. The van der Waals surface area contributed by atoms with E-state index in [0.29, 0.717) is 21.4 Å². The Labute approximate surface area is 211 Å². The number of amides is 2. The second kappa shape index (κ2) is 9.44. The van der Waals surface area contributed by atoms with Gasteiger partial charge in [0.05, 0.1) is 16.3 Å². The quantitative estimate of drug-likeness (QED) is 0.227. The Bertz CT molecular complexity index is 1580. The maximum atomic E-state index is 12.4. The molecule has 1 saturated heterocycles. The number of fused-ring (bicyclic) bond motifs is 2. The van der Waals surface area contributed by atoms with E-state index in [9.17, 15) is 29.4 Å². The molecule has 2 amide bonds. The maximum Gasteiger partial charge on any atom is 0.337 e. The number of carbonyl (C=O) groups is 4. The maximum absolute atomic E-state index is 12.4. The third-order valence-electron chi connectivity index (χ3n) is 6.60. The molecule has 1 fully saturated rings. The van der Waals surface area contributed by atoms with Crippen molar-refractivity contribution in [3.63, 3.8) is 0 Å². The van der Waals surface area contributed by atoms with Gasteiger partial charge in [0.1, 0.15) is 7.05 Å². The average Bonchev–Trinajstić information content (AvgIpc) is 3.20. The first kappa shape index (κ1) is 24.1. The molecule has 0 spiro atoms. The van der Waals surface area contributed by atoms with Crippen molar-refractivity contribution in [2.24, 2.45) is 7.05 Å². The van der Waals surface area contributed by atoms with Crippen LogP contribution in [0.5, 0.6) is 0 Å². The lowest BCUT2D eigenvalue weighted by Gasteiger charge is -2.19. The predicted molar refractivity (Wildman–Crippen MR) is 132 cm³/mol. The number of aromatic carboxylic acids is 1. The van der Waals surface area contributed by atoms with E-state index in [4.69, 9.17) is 4.84 Å². The molecular weight excluding hydrogens is 476 g/mol.